The van der Waals surface area contributed by atoms with Crippen LogP contribution in [0.2, 0.25) is 0 Å². The fourth-order valence-electron chi connectivity index (χ4n) is 4.40. The van der Waals surface area contributed by atoms with Crippen molar-refractivity contribution in [1.82, 2.24) is 9.88 Å². The van der Waals surface area contributed by atoms with Crippen molar-refractivity contribution in [1.29, 1.82) is 0 Å². The summed E-state index contributed by atoms with van der Waals surface area (Å²) < 4.78 is 5.47. The molecule has 1 saturated carbocycles. The van der Waals surface area contributed by atoms with Crippen LogP contribution in [0.1, 0.15) is 42.9 Å². The molecule has 2 fully saturated rings. The number of aryl methyl sites for hydroxylation is 1. The summed E-state index contributed by atoms with van der Waals surface area (Å²) in [6.07, 6.45) is 7.50. The van der Waals surface area contributed by atoms with Gasteiger partial charge in [0.1, 0.15) is 6.04 Å². The van der Waals surface area contributed by atoms with Crippen LogP contribution in [-0.4, -0.2) is 48.0 Å². The first-order chi connectivity index (χ1) is 15.1. The Hall–Kier alpha value is -2.77. The Morgan fingerprint density at radius 3 is 2.58 bits per heavy atom. The zero-order valence-corrected chi connectivity index (χ0v) is 18.0. The van der Waals surface area contributed by atoms with Crippen LogP contribution in [-0.2, 0) is 14.3 Å². The summed E-state index contributed by atoms with van der Waals surface area (Å²) in [5.41, 5.74) is 3.12. The van der Waals surface area contributed by atoms with Crippen LogP contribution in [0.4, 0.5) is 11.4 Å². The van der Waals surface area contributed by atoms with E-state index in [4.69, 9.17) is 4.74 Å². The number of carbonyl (C=O) groups excluding carboxylic acids is 2. The SMILES string of the molecule is Cc1ccc(NC(=O)C2CCCC2)c(NC(=O)C(c2cccnc2)N2CCOCC2)c1. The van der Waals surface area contributed by atoms with Crippen molar-refractivity contribution in [2.75, 3.05) is 36.9 Å². The van der Waals surface area contributed by atoms with Crippen molar-refractivity contribution >= 4 is 23.2 Å². The Kier molecular flexibility index (Phi) is 6.94. The summed E-state index contributed by atoms with van der Waals surface area (Å²) in [6, 6.07) is 9.01. The van der Waals surface area contributed by atoms with E-state index in [1.165, 1.54) is 0 Å². The maximum Gasteiger partial charge on any atom is 0.246 e. The minimum Gasteiger partial charge on any atom is -0.379 e. The van der Waals surface area contributed by atoms with Crippen molar-refractivity contribution in [3.05, 3.63) is 53.9 Å². The van der Waals surface area contributed by atoms with Crippen LogP contribution in [0.15, 0.2) is 42.7 Å². The van der Waals surface area contributed by atoms with Gasteiger partial charge < -0.3 is 15.4 Å². The lowest BCUT2D eigenvalue weighted by Gasteiger charge is -2.33. The van der Waals surface area contributed by atoms with Gasteiger partial charge in [-0.25, -0.2) is 0 Å². The molecule has 164 valence electrons. The lowest BCUT2D eigenvalue weighted by molar-refractivity contribution is -0.123. The van der Waals surface area contributed by atoms with Gasteiger partial charge in [-0.2, -0.15) is 0 Å². The molecule has 1 atom stereocenters. The van der Waals surface area contributed by atoms with Crippen molar-refractivity contribution in [3.8, 4) is 0 Å². The number of amides is 2. The van der Waals surface area contributed by atoms with E-state index < -0.39 is 6.04 Å². The first-order valence-electron chi connectivity index (χ1n) is 11.1. The quantitative estimate of drug-likeness (QED) is 0.744. The fraction of sp³-hybridized carbons (Fsp3) is 0.458. The summed E-state index contributed by atoms with van der Waals surface area (Å²) in [4.78, 5) is 32.5. The zero-order valence-electron chi connectivity index (χ0n) is 18.0. The maximum atomic E-state index is 13.5. The minimum atomic E-state index is -0.475. The molecule has 31 heavy (non-hydrogen) atoms. The van der Waals surface area contributed by atoms with Crippen LogP contribution >= 0.6 is 0 Å². The molecule has 2 amide bonds. The summed E-state index contributed by atoms with van der Waals surface area (Å²) in [6.45, 7) is 4.51. The molecule has 0 spiro atoms. The number of carbonyl (C=O) groups is 2. The average molecular weight is 423 g/mol. The largest absolute Gasteiger partial charge is 0.379 e. The highest BCUT2D eigenvalue weighted by atomic mass is 16.5. The lowest BCUT2D eigenvalue weighted by atomic mass is 10.0. The molecule has 0 radical (unpaired) electrons. The third-order valence-electron chi connectivity index (χ3n) is 6.08. The van der Waals surface area contributed by atoms with Crippen molar-refractivity contribution < 1.29 is 14.3 Å². The van der Waals surface area contributed by atoms with E-state index in [2.05, 4.69) is 20.5 Å². The standard InChI is InChI=1S/C24H30N4O3/c1-17-8-9-20(26-23(29)18-5-2-3-6-18)21(15-17)27-24(30)22(19-7-4-10-25-16-19)28-11-13-31-14-12-28/h4,7-10,15-16,18,22H,2-3,5-6,11-14H2,1H3,(H,26,29)(H,27,30). The average Bonchev–Trinajstić information content (AvgIpc) is 3.32. The highest BCUT2D eigenvalue weighted by Crippen LogP contribution is 2.30. The molecule has 0 bridgehead atoms. The van der Waals surface area contributed by atoms with Gasteiger partial charge in [-0.15, -0.1) is 0 Å². The van der Waals surface area contributed by atoms with Crippen LogP contribution in [0.3, 0.4) is 0 Å². The van der Waals surface area contributed by atoms with Crippen molar-refractivity contribution in [2.24, 2.45) is 5.92 Å². The van der Waals surface area contributed by atoms with E-state index in [0.29, 0.717) is 37.7 Å². The number of benzene rings is 1. The van der Waals surface area contributed by atoms with Gasteiger partial charge in [-0.3, -0.25) is 19.5 Å². The Balaban J connectivity index is 1.56. The number of aromatic nitrogens is 1. The fourth-order valence-corrected chi connectivity index (χ4v) is 4.40. The minimum absolute atomic E-state index is 0.0360. The molecular weight excluding hydrogens is 392 g/mol. The predicted octanol–water partition coefficient (Wildman–Crippen LogP) is 3.53. The molecule has 1 aromatic carbocycles. The molecule has 2 N–H and O–H groups in total. The topological polar surface area (TPSA) is 83.6 Å². The summed E-state index contributed by atoms with van der Waals surface area (Å²) in [7, 11) is 0. The number of hydrogen-bond donors (Lipinski definition) is 2. The molecule has 4 rings (SSSR count). The highest BCUT2D eigenvalue weighted by Gasteiger charge is 2.30. The monoisotopic (exact) mass is 422 g/mol. The van der Waals surface area contributed by atoms with E-state index in [1.54, 1.807) is 12.4 Å². The van der Waals surface area contributed by atoms with Gasteiger partial charge in [0, 0.05) is 31.4 Å². The molecule has 1 saturated heterocycles. The van der Waals surface area contributed by atoms with Gasteiger partial charge in [-0.1, -0.05) is 25.0 Å². The summed E-state index contributed by atoms with van der Waals surface area (Å²) in [5, 5.41) is 6.12. The number of nitrogens with zero attached hydrogens (tertiary/aromatic N) is 2. The Bertz CT molecular complexity index is 906. The Labute approximate surface area is 183 Å². The Morgan fingerprint density at radius 1 is 1.10 bits per heavy atom. The van der Waals surface area contributed by atoms with E-state index in [9.17, 15) is 9.59 Å². The molecule has 2 aliphatic rings. The predicted molar refractivity (Wildman–Crippen MR) is 120 cm³/mol. The number of anilines is 2. The Morgan fingerprint density at radius 2 is 1.87 bits per heavy atom. The second kappa shape index (κ2) is 10.0. The van der Waals surface area contributed by atoms with Crippen LogP contribution < -0.4 is 10.6 Å². The van der Waals surface area contributed by atoms with E-state index >= 15 is 0 Å². The van der Waals surface area contributed by atoms with Crippen LogP contribution in [0.5, 0.6) is 0 Å². The van der Waals surface area contributed by atoms with Gasteiger partial charge in [0.05, 0.1) is 24.6 Å². The van der Waals surface area contributed by atoms with Gasteiger partial charge in [0.15, 0.2) is 0 Å². The van der Waals surface area contributed by atoms with E-state index in [0.717, 1.165) is 36.8 Å². The van der Waals surface area contributed by atoms with Crippen molar-refractivity contribution in [2.45, 2.75) is 38.6 Å². The van der Waals surface area contributed by atoms with Gasteiger partial charge in [0.25, 0.3) is 0 Å². The molecule has 1 unspecified atom stereocenters. The molecular formula is C24H30N4O3. The molecule has 1 aromatic heterocycles. The second-order valence-electron chi connectivity index (χ2n) is 8.35. The first kappa shape index (κ1) is 21.5. The van der Waals surface area contributed by atoms with Gasteiger partial charge in [0.2, 0.25) is 11.8 Å². The number of ether oxygens (including phenoxy) is 1. The maximum absolute atomic E-state index is 13.5. The smallest absolute Gasteiger partial charge is 0.246 e. The van der Waals surface area contributed by atoms with Crippen LogP contribution in [0.25, 0.3) is 0 Å². The molecule has 2 aromatic rings. The number of pyridine rings is 1. The number of hydrogen-bond acceptors (Lipinski definition) is 5. The molecule has 1 aliphatic heterocycles. The molecule has 1 aliphatic carbocycles. The zero-order chi connectivity index (χ0) is 21.6. The number of nitrogens with one attached hydrogen (secondary N) is 2. The van der Waals surface area contributed by atoms with Crippen molar-refractivity contribution in [3.63, 3.8) is 0 Å². The third-order valence-corrected chi connectivity index (χ3v) is 6.08. The molecule has 7 nitrogen and oxygen atoms in total. The van der Waals surface area contributed by atoms with E-state index in [-0.39, 0.29) is 17.7 Å². The highest BCUT2D eigenvalue weighted by molar-refractivity contribution is 6.02. The normalized spacial score (nSPS) is 18.5. The second-order valence-corrected chi connectivity index (χ2v) is 8.35. The molecule has 7 heteroatoms. The van der Waals surface area contributed by atoms with E-state index in [1.807, 2.05) is 37.3 Å². The van der Waals surface area contributed by atoms with Gasteiger partial charge in [-0.05, 0) is 49.1 Å². The summed E-state index contributed by atoms with van der Waals surface area (Å²) in [5.74, 6) is -0.0490. The lowest BCUT2D eigenvalue weighted by Crippen LogP contribution is -2.44. The first-order valence-corrected chi connectivity index (χ1v) is 11.1. The number of rotatable bonds is 6. The number of morpholine rings is 1. The van der Waals surface area contributed by atoms with Gasteiger partial charge >= 0.3 is 0 Å². The molecule has 2 heterocycles. The third kappa shape index (κ3) is 5.29. The van der Waals surface area contributed by atoms with Crippen LogP contribution in [0, 0.1) is 12.8 Å². The summed E-state index contributed by atoms with van der Waals surface area (Å²) >= 11 is 0.